The minimum absolute atomic E-state index is 0.101. The Morgan fingerprint density at radius 2 is 2.00 bits per heavy atom. The van der Waals surface area contributed by atoms with Crippen LogP contribution in [0.1, 0.15) is 32.9 Å². The molecule has 1 aromatic heterocycles. The maximum atomic E-state index is 12.7. The van der Waals surface area contributed by atoms with E-state index in [1.807, 2.05) is 20.8 Å². The second kappa shape index (κ2) is 6.38. The van der Waals surface area contributed by atoms with Gasteiger partial charge in [0, 0.05) is 18.8 Å². The fourth-order valence-corrected chi connectivity index (χ4v) is 4.99. The lowest BCUT2D eigenvalue weighted by molar-refractivity contribution is 0.266. The van der Waals surface area contributed by atoms with Gasteiger partial charge in [0.15, 0.2) is 4.21 Å². The van der Waals surface area contributed by atoms with E-state index in [2.05, 4.69) is 4.98 Å². The number of thiazole rings is 1. The average Bonchev–Trinajstić information content (AvgIpc) is 2.68. The van der Waals surface area contributed by atoms with Gasteiger partial charge >= 0.3 is 4.87 Å². The fraction of sp³-hybridized carbons (Fsp3) is 0.750. The minimum Gasteiger partial charge on any atom is -0.330 e. The van der Waals surface area contributed by atoms with Crippen molar-refractivity contribution in [3.05, 3.63) is 15.4 Å². The van der Waals surface area contributed by atoms with E-state index in [-0.39, 0.29) is 14.5 Å². The van der Waals surface area contributed by atoms with E-state index in [4.69, 9.17) is 5.73 Å². The summed E-state index contributed by atoms with van der Waals surface area (Å²) in [6.07, 6.45) is 0.707. The number of H-pyrrole nitrogens is 1. The molecule has 3 N–H and O–H groups in total. The number of nitrogens with two attached hydrogens (primary N) is 1. The first-order valence-corrected chi connectivity index (χ1v) is 8.79. The maximum absolute atomic E-state index is 12.7. The van der Waals surface area contributed by atoms with Gasteiger partial charge in [0.2, 0.25) is 0 Å². The van der Waals surface area contributed by atoms with Crippen LogP contribution in [0.3, 0.4) is 0 Å². The van der Waals surface area contributed by atoms with Gasteiger partial charge in [0.05, 0.1) is 0 Å². The van der Waals surface area contributed by atoms with Crippen LogP contribution >= 0.6 is 11.3 Å². The largest absolute Gasteiger partial charge is 0.330 e. The quantitative estimate of drug-likeness (QED) is 0.787. The Balaban J connectivity index is 3.19. The first-order valence-electron chi connectivity index (χ1n) is 6.54. The number of aromatic nitrogens is 1. The standard InChI is InChI=1S/C12H23N3O3S2/c1-5-6-15(8-12(3,4)7-13)20(17,18)10-9(2)14-11(16)19-10/h5-8,13H2,1-4H3,(H,14,16). The van der Waals surface area contributed by atoms with E-state index in [0.717, 1.165) is 11.3 Å². The number of nitrogens with zero attached hydrogens (tertiary/aromatic N) is 1. The molecule has 0 unspecified atom stereocenters. The number of aromatic amines is 1. The monoisotopic (exact) mass is 321 g/mol. The van der Waals surface area contributed by atoms with Crippen LogP contribution in [-0.2, 0) is 10.0 Å². The Hall–Kier alpha value is -0.700. The lowest BCUT2D eigenvalue weighted by atomic mass is 9.94. The maximum Gasteiger partial charge on any atom is 0.305 e. The van der Waals surface area contributed by atoms with E-state index in [9.17, 15) is 13.2 Å². The number of nitrogens with one attached hydrogen (secondary N) is 1. The summed E-state index contributed by atoms with van der Waals surface area (Å²) in [5.41, 5.74) is 5.78. The molecule has 0 atom stereocenters. The van der Waals surface area contributed by atoms with Crippen molar-refractivity contribution in [3.8, 4) is 0 Å². The van der Waals surface area contributed by atoms with Gasteiger partial charge in [-0.2, -0.15) is 4.31 Å². The molecule has 0 bridgehead atoms. The SMILES string of the molecule is CCCN(CC(C)(C)CN)S(=O)(=O)c1sc(=O)[nH]c1C. The predicted octanol–water partition coefficient (Wildman–Crippen LogP) is 1.13. The van der Waals surface area contributed by atoms with Crippen molar-refractivity contribution >= 4 is 21.4 Å². The third-order valence-electron chi connectivity index (χ3n) is 2.99. The van der Waals surface area contributed by atoms with E-state index in [1.165, 1.54) is 4.31 Å². The van der Waals surface area contributed by atoms with E-state index in [0.29, 0.717) is 31.7 Å². The van der Waals surface area contributed by atoms with Crippen LogP contribution in [0.25, 0.3) is 0 Å². The molecule has 1 heterocycles. The predicted molar refractivity (Wildman–Crippen MR) is 81.6 cm³/mol. The highest BCUT2D eigenvalue weighted by atomic mass is 32.2. The third kappa shape index (κ3) is 3.91. The highest BCUT2D eigenvalue weighted by Gasteiger charge is 2.32. The van der Waals surface area contributed by atoms with Crippen LogP contribution in [-0.4, -0.2) is 37.3 Å². The lowest BCUT2D eigenvalue weighted by Crippen LogP contribution is -2.42. The van der Waals surface area contributed by atoms with Crippen molar-refractivity contribution in [3.63, 3.8) is 0 Å². The second-order valence-corrected chi connectivity index (χ2v) is 8.75. The highest BCUT2D eigenvalue weighted by Crippen LogP contribution is 2.25. The molecule has 1 aromatic rings. The number of aryl methyl sites for hydroxylation is 1. The Morgan fingerprint density at radius 3 is 2.40 bits per heavy atom. The number of rotatable bonds is 7. The van der Waals surface area contributed by atoms with Gasteiger partial charge in [0.1, 0.15) is 0 Å². The molecule has 0 aliphatic heterocycles. The molecule has 8 heteroatoms. The molecule has 0 spiro atoms. The molecule has 6 nitrogen and oxygen atoms in total. The summed E-state index contributed by atoms with van der Waals surface area (Å²) < 4.78 is 26.9. The number of hydrogen-bond donors (Lipinski definition) is 2. The van der Waals surface area contributed by atoms with Crippen LogP contribution in [0.4, 0.5) is 0 Å². The molecule has 0 aliphatic rings. The summed E-state index contributed by atoms with van der Waals surface area (Å²) in [5, 5.41) is 0. The Morgan fingerprint density at radius 1 is 1.40 bits per heavy atom. The lowest BCUT2D eigenvalue weighted by Gasteiger charge is -2.30. The van der Waals surface area contributed by atoms with Gasteiger partial charge in [-0.25, -0.2) is 8.42 Å². The Bertz CT molecular complexity index is 602. The average molecular weight is 321 g/mol. The fourth-order valence-electron chi connectivity index (χ4n) is 1.83. The molecule has 0 aliphatic carbocycles. The zero-order chi connectivity index (χ0) is 15.6. The van der Waals surface area contributed by atoms with Gasteiger partial charge in [-0.15, -0.1) is 0 Å². The molecular weight excluding hydrogens is 298 g/mol. The summed E-state index contributed by atoms with van der Waals surface area (Å²) in [6.45, 7) is 8.52. The molecule has 1 rings (SSSR count). The smallest absolute Gasteiger partial charge is 0.305 e. The van der Waals surface area contributed by atoms with Gasteiger partial charge in [-0.05, 0) is 25.3 Å². The summed E-state index contributed by atoms with van der Waals surface area (Å²) in [4.78, 5) is 13.5. The molecule has 0 radical (unpaired) electrons. The molecular formula is C12H23N3O3S2. The second-order valence-electron chi connectivity index (χ2n) is 5.63. The molecule has 116 valence electrons. The highest BCUT2D eigenvalue weighted by molar-refractivity contribution is 7.91. The van der Waals surface area contributed by atoms with Crippen LogP contribution in [0, 0.1) is 12.3 Å². The molecule has 0 saturated heterocycles. The number of sulfonamides is 1. The van der Waals surface area contributed by atoms with Crippen LogP contribution < -0.4 is 10.6 Å². The Kier molecular flexibility index (Phi) is 5.54. The van der Waals surface area contributed by atoms with E-state index in [1.54, 1.807) is 6.92 Å². The Labute approximate surface area is 124 Å². The van der Waals surface area contributed by atoms with Crippen molar-refractivity contribution in [1.82, 2.24) is 9.29 Å². The van der Waals surface area contributed by atoms with E-state index < -0.39 is 10.0 Å². The first-order chi connectivity index (χ1) is 9.14. The zero-order valence-corrected chi connectivity index (χ0v) is 14.0. The molecule has 20 heavy (non-hydrogen) atoms. The topological polar surface area (TPSA) is 96.3 Å². The molecule has 0 fully saturated rings. The van der Waals surface area contributed by atoms with Crippen LogP contribution in [0.2, 0.25) is 0 Å². The van der Waals surface area contributed by atoms with Crippen molar-refractivity contribution in [2.45, 2.75) is 38.3 Å². The summed E-state index contributed by atoms with van der Waals surface area (Å²) in [6, 6.07) is 0. The van der Waals surface area contributed by atoms with Crippen molar-refractivity contribution in [2.24, 2.45) is 11.1 Å². The summed E-state index contributed by atoms with van der Waals surface area (Å²) in [7, 11) is -3.65. The van der Waals surface area contributed by atoms with Gasteiger partial charge in [-0.3, -0.25) is 4.79 Å². The number of hydrogen-bond acceptors (Lipinski definition) is 5. The van der Waals surface area contributed by atoms with E-state index >= 15 is 0 Å². The van der Waals surface area contributed by atoms with Crippen molar-refractivity contribution in [1.29, 1.82) is 0 Å². The first kappa shape index (κ1) is 17.4. The van der Waals surface area contributed by atoms with Crippen LogP contribution in [0.5, 0.6) is 0 Å². The third-order valence-corrected chi connectivity index (χ3v) is 6.41. The van der Waals surface area contributed by atoms with Crippen LogP contribution in [0.15, 0.2) is 9.00 Å². The molecule has 0 saturated carbocycles. The van der Waals surface area contributed by atoms with Gasteiger partial charge in [0.25, 0.3) is 10.0 Å². The van der Waals surface area contributed by atoms with Crippen molar-refractivity contribution < 1.29 is 8.42 Å². The minimum atomic E-state index is -3.65. The van der Waals surface area contributed by atoms with Crippen molar-refractivity contribution in [2.75, 3.05) is 19.6 Å². The molecule has 0 aromatic carbocycles. The van der Waals surface area contributed by atoms with Gasteiger partial charge < -0.3 is 10.7 Å². The normalized spacial score (nSPS) is 13.1. The summed E-state index contributed by atoms with van der Waals surface area (Å²) >= 11 is 0.737. The molecule has 0 amide bonds. The van der Waals surface area contributed by atoms with Gasteiger partial charge in [-0.1, -0.05) is 32.1 Å². The zero-order valence-electron chi connectivity index (χ0n) is 12.4. The summed E-state index contributed by atoms with van der Waals surface area (Å²) in [5.74, 6) is 0.